The van der Waals surface area contributed by atoms with E-state index in [4.69, 9.17) is 14.2 Å². The summed E-state index contributed by atoms with van der Waals surface area (Å²) in [7, 11) is 0. The first-order valence-corrected chi connectivity index (χ1v) is 13.2. The van der Waals surface area contributed by atoms with Gasteiger partial charge in [-0.2, -0.15) is 0 Å². The second kappa shape index (κ2) is 10.2. The zero-order valence-electron chi connectivity index (χ0n) is 22.0. The molecule has 0 radical (unpaired) electrons. The molecule has 3 aromatic carbocycles. The van der Waals surface area contributed by atoms with Gasteiger partial charge in [-0.25, -0.2) is 4.98 Å². The monoisotopic (exact) mass is 515 g/mol. The minimum Gasteiger partial charge on any atom is -0.465 e. The maximum atomic E-state index is 12.6. The fourth-order valence-corrected chi connectivity index (χ4v) is 5.01. The molecule has 1 N–H and O–H groups in total. The topological polar surface area (TPSA) is 77.2 Å². The molecule has 2 heterocycles. The number of benzene rings is 3. The number of pyridine rings is 1. The van der Waals surface area contributed by atoms with Crippen LogP contribution in [0.5, 0.6) is 0 Å². The zero-order chi connectivity index (χ0) is 26.8. The Bertz CT molecular complexity index is 1620. The normalized spacial score (nSPS) is 13.6. The zero-order valence-corrected chi connectivity index (χ0v) is 22.0. The average Bonchev–Trinajstić information content (AvgIpc) is 3.73. The number of hydrogen-bond acceptors (Lipinski definition) is 6. The van der Waals surface area contributed by atoms with Crippen molar-refractivity contribution in [2.75, 3.05) is 11.9 Å². The number of aromatic nitrogens is 2. The number of carbonyl (C=O) groups excluding carboxylic acids is 1. The first-order chi connectivity index (χ1) is 19.1. The van der Waals surface area contributed by atoms with Gasteiger partial charge in [-0.15, -0.1) is 0 Å². The second-order valence-electron chi connectivity index (χ2n) is 9.80. The van der Waals surface area contributed by atoms with Crippen LogP contribution in [0.3, 0.4) is 0 Å². The molecule has 0 atom stereocenters. The Labute approximate surface area is 227 Å². The molecule has 0 spiro atoms. The fourth-order valence-electron chi connectivity index (χ4n) is 5.01. The van der Waals surface area contributed by atoms with E-state index in [1.165, 1.54) is 0 Å². The molecule has 1 aliphatic carbocycles. The molecule has 0 saturated heterocycles. The molecule has 39 heavy (non-hydrogen) atoms. The molecule has 1 aliphatic rings. The molecular formula is C33H29N3O3. The summed E-state index contributed by atoms with van der Waals surface area (Å²) < 4.78 is 11.2. The Hall–Kier alpha value is -4.71. The van der Waals surface area contributed by atoms with E-state index in [1.807, 2.05) is 92.7 Å². The maximum absolute atomic E-state index is 12.6. The third-order valence-corrected chi connectivity index (χ3v) is 7.27. The number of nitrogens with zero attached hydrogens (tertiary/aromatic N) is 2. The molecule has 0 amide bonds. The highest BCUT2D eigenvalue weighted by Gasteiger charge is 2.52. The number of carbonyl (C=O) groups is 1. The molecule has 6 rings (SSSR count). The minimum absolute atomic E-state index is 0.129. The van der Waals surface area contributed by atoms with Gasteiger partial charge in [0.2, 0.25) is 0 Å². The number of esters is 1. The highest BCUT2D eigenvalue weighted by atomic mass is 16.5. The summed E-state index contributed by atoms with van der Waals surface area (Å²) in [5.74, 6) is 1.22. The van der Waals surface area contributed by atoms with Gasteiger partial charge in [0.25, 0.3) is 0 Å². The smallest absolute Gasteiger partial charge is 0.316 e. The second-order valence-corrected chi connectivity index (χ2v) is 9.80. The van der Waals surface area contributed by atoms with Gasteiger partial charge in [-0.1, -0.05) is 90.1 Å². The summed E-state index contributed by atoms with van der Waals surface area (Å²) >= 11 is 0. The van der Waals surface area contributed by atoms with Gasteiger partial charge in [0.1, 0.15) is 17.2 Å². The molecule has 0 unspecified atom stereocenters. The summed E-state index contributed by atoms with van der Waals surface area (Å²) in [6.45, 7) is 4.15. The number of anilines is 2. The Balaban J connectivity index is 1.32. The van der Waals surface area contributed by atoms with Gasteiger partial charge >= 0.3 is 5.97 Å². The van der Waals surface area contributed by atoms with Crippen molar-refractivity contribution in [3.63, 3.8) is 0 Å². The van der Waals surface area contributed by atoms with Crippen LogP contribution in [0.2, 0.25) is 0 Å². The summed E-state index contributed by atoms with van der Waals surface area (Å²) in [5, 5.41) is 7.73. The summed E-state index contributed by atoms with van der Waals surface area (Å²) in [6, 6.07) is 32.3. The van der Waals surface area contributed by atoms with Crippen molar-refractivity contribution in [2.24, 2.45) is 0 Å². The number of nitrogens with one attached hydrogen (secondary N) is 1. The first-order valence-electron chi connectivity index (χ1n) is 13.2. The highest BCUT2D eigenvalue weighted by Crippen LogP contribution is 2.49. The van der Waals surface area contributed by atoms with Crippen LogP contribution in [0, 0.1) is 6.92 Å². The van der Waals surface area contributed by atoms with Crippen molar-refractivity contribution in [1.82, 2.24) is 10.1 Å². The fraction of sp³-hybridized carbons (Fsp3) is 0.182. The van der Waals surface area contributed by atoms with Crippen LogP contribution in [0.4, 0.5) is 11.5 Å². The Morgan fingerprint density at radius 2 is 1.59 bits per heavy atom. The van der Waals surface area contributed by atoms with Gasteiger partial charge in [0, 0.05) is 11.1 Å². The molecule has 1 saturated carbocycles. The molecule has 0 aliphatic heterocycles. The summed E-state index contributed by atoms with van der Waals surface area (Å²) in [6.07, 6.45) is 1.65. The lowest BCUT2D eigenvalue weighted by Gasteiger charge is -2.15. The average molecular weight is 516 g/mol. The molecule has 6 heteroatoms. The first kappa shape index (κ1) is 24.6. The van der Waals surface area contributed by atoms with Crippen LogP contribution in [0.1, 0.15) is 31.0 Å². The third kappa shape index (κ3) is 4.70. The highest BCUT2D eigenvalue weighted by molar-refractivity contribution is 5.89. The largest absolute Gasteiger partial charge is 0.465 e. The maximum Gasteiger partial charge on any atom is 0.316 e. The molecule has 0 bridgehead atoms. The van der Waals surface area contributed by atoms with E-state index in [0.29, 0.717) is 18.2 Å². The van der Waals surface area contributed by atoms with E-state index in [0.717, 1.165) is 57.7 Å². The van der Waals surface area contributed by atoms with Gasteiger partial charge in [-0.3, -0.25) is 4.79 Å². The van der Waals surface area contributed by atoms with Crippen LogP contribution < -0.4 is 5.32 Å². The Morgan fingerprint density at radius 1 is 0.872 bits per heavy atom. The van der Waals surface area contributed by atoms with Crippen LogP contribution in [-0.4, -0.2) is 22.7 Å². The lowest BCUT2D eigenvalue weighted by atomic mass is 9.92. The lowest BCUT2D eigenvalue weighted by molar-refractivity contribution is -0.146. The van der Waals surface area contributed by atoms with Crippen molar-refractivity contribution in [3.05, 3.63) is 108 Å². The van der Waals surface area contributed by atoms with Crippen molar-refractivity contribution in [2.45, 2.75) is 32.1 Å². The predicted molar refractivity (Wildman–Crippen MR) is 153 cm³/mol. The standard InChI is InChI=1S/C33H29N3O3/c1-3-38-32(37)33(20-21-33)25-18-16-23(17-19-25)26-12-7-8-13-27(26)31-30(22(2)36-39-31)35-29-15-9-14-28(34-29)24-10-5-4-6-11-24/h4-19H,3,20-21H2,1-2H3,(H,34,35). The predicted octanol–water partition coefficient (Wildman–Crippen LogP) is 7.72. The van der Waals surface area contributed by atoms with E-state index in [2.05, 4.69) is 28.7 Å². The van der Waals surface area contributed by atoms with E-state index in [-0.39, 0.29) is 5.97 Å². The van der Waals surface area contributed by atoms with Crippen LogP contribution >= 0.6 is 0 Å². The SMILES string of the molecule is CCOC(=O)C1(c2ccc(-c3ccccc3-c3onc(C)c3Nc3cccc(-c4ccccc4)n3)cc2)CC1. The summed E-state index contributed by atoms with van der Waals surface area (Å²) in [4.78, 5) is 17.4. The van der Waals surface area contributed by atoms with Crippen LogP contribution in [0.15, 0.2) is 102 Å². The molecule has 5 aromatic rings. The van der Waals surface area contributed by atoms with Gasteiger partial charge in [0.15, 0.2) is 5.76 Å². The van der Waals surface area contributed by atoms with Crippen molar-refractivity contribution in [1.29, 1.82) is 0 Å². The Kier molecular flexibility index (Phi) is 6.45. The van der Waals surface area contributed by atoms with E-state index in [1.54, 1.807) is 0 Å². The molecule has 2 aromatic heterocycles. The van der Waals surface area contributed by atoms with Gasteiger partial charge in [-0.05, 0) is 55.5 Å². The lowest BCUT2D eigenvalue weighted by Crippen LogP contribution is -2.23. The number of aryl methyl sites for hydroxylation is 1. The molecule has 6 nitrogen and oxygen atoms in total. The number of hydrogen-bond donors (Lipinski definition) is 1. The van der Waals surface area contributed by atoms with Crippen molar-refractivity contribution >= 4 is 17.5 Å². The Morgan fingerprint density at radius 3 is 2.31 bits per heavy atom. The van der Waals surface area contributed by atoms with Crippen molar-refractivity contribution < 1.29 is 14.1 Å². The third-order valence-electron chi connectivity index (χ3n) is 7.27. The minimum atomic E-state index is -0.492. The van der Waals surface area contributed by atoms with Gasteiger partial charge < -0.3 is 14.6 Å². The van der Waals surface area contributed by atoms with Crippen LogP contribution in [0.25, 0.3) is 33.7 Å². The van der Waals surface area contributed by atoms with E-state index >= 15 is 0 Å². The summed E-state index contributed by atoms with van der Waals surface area (Å²) in [5.41, 5.74) is 6.91. The molecular weight excluding hydrogens is 486 g/mol. The van der Waals surface area contributed by atoms with E-state index in [9.17, 15) is 4.79 Å². The number of ether oxygens (including phenoxy) is 1. The molecule has 1 fully saturated rings. The molecule has 194 valence electrons. The van der Waals surface area contributed by atoms with Crippen LogP contribution in [-0.2, 0) is 14.9 Å². The quantitative estimate of drug-likeness (QED) is 0.213. The van der Waals surface area contributed by atoms with Gasteiger partial charge in [0.05, 0.1) is 17.7 Å². The number of rotatable bonds is 8. The van der Waals surface area contributed by atoms with Crippen molar-refractivity contribution in [3.8, 4) is 33.7 Å². The van der Waals surface area contributed by atoms with E-state index < -0.39 is 5.41 Å².